The Bertz CT molecular complexity index is 276. The molecule has 0 aromatic heterocycles. The minimum Gasteiger partial charge on any atom is -0.388 e. The van der Waals surface area contributed by atoms with E-state index in [1.807, 2.05) is 41.5 Å². The fourth-order valence-corrected chi connectivity index (χ4v) is 2.01. The first-order chi connectivity index (χ1) is 7.93. The standard InChI is InChI=1S/C13H26O5/c1-12(2,3)10-8(15)7(14)9(16)11(17-10)18-13(4,5)6/h7-11,14-16H,1-6H3/t7?,8-,9-,10?,11+/m0/s1. The summed E-state index contributed by atoms with van der Waals surface area (Å²) in [7, 11) is 0. The lowest BCUT2D eigenvalue weighted by Gasteiger charge is -2.46. The van der Waals surface area contributed by atoms with Crippen molar-refractivity contribution in [3.63, 3.8) is 0 Å². The zero-order chi connectivity index (χ0) is 14.3. The van der Waals surface area contributed by atoms with Gasteiger partial charge in [0.15, 0.2) is 6.29 Å². The number of aliphatic hydroxyl groups is 3. The Kier molecular flexibility index (Phi) is 4.45. The molecule has 1 aliphatic rings. The molecule has 1 heterocycles. The maximum atomic E-state index is 9.97. The van der Waals surface area contributed by atoms with Gasteiger partial charge in [-0.15, -0.1) is 0 Å². The van der Waals surface area contributed by atoms with Crippen LogP contribution in [0.4, 0.5) is 0 Å². The van der Waals surface area contributed by atoms with Crippen LogP contribution in [0.2, 0.25) is 0 Å². The van der Waals surface area contributed by atoms with Gasteiger partial charge < -0.3 is 24.8 Å². The SMILES string of the molecule is CC(C)(C)O[C@H]1OC(C(C)(C)C)[C@@H](O)C(O)[C@@H]1O. The zero-order valence-corrected chi connectivity index (χ0v) is 12.0. The van der Waals surface area contributed by atoms with Gasteiger partial charge in [0.05, 0.1) is 11.7 Å². The summed E-state index contributed by atoms with van der Waals surface area (Å²) < 4.78 is 11.2. The first-order valence-corrected chi connectivity index (χ1v) is 6.31. The highest BCUT2D eigenvalue weighted by atomic mass is 16.7. The van der Waals surface area contributed by atoms with Gasteiger partial charge >= 0.3 is 0 Å². The highest BCUT2D eigenvalue weighted by Crippen LogP contribution is 2.34. The molecule has 0 aromatic rings. The van der Waals surface area contributed by atoms with Crippen LogP contribution in [-0.2, 0) is 9.47 Å². The van der Waals surface area contributed by atoms with E-state index in [0.29, 0.717) is 0 Å². The summed E-state index contributed by atoms with van der Waals surface area (Å²) in [6, 6.07) is 0. The lowest BCUT2D eigenvalue weighted by Crippen LogP contribution is -2.62. The highest BCUT2D eigenvalue weighted by molar-refractivity contribution is 4.94. The van der Waals surface area contributed by atoms with Crippen molar-refractivity contribution >= 4 is 0 Å². The zero-order valence-electron chi connectivity index (χ0n) is 12.0. The molecule has 0 spiro atoms. The van der Waals surface area contributed by atoms with Crippen LogP contribution < -0.4 is 0 Å². The van der Waals surface area contributed by atoms with Crippen LogP contribution in [0.15, 0.2) is 0 Å². The molecule has 0 aromatic carbocycles. The van der Waals surface area contributed by atoms with Crippen molar-refractivity contribution in [2.24, 2.45) is 5.41 Å². The number of hydrogen-bond acceptors (Lipinski definition) is 5. The molecule has 2 unspecified atom stereocenters. The van der Waals surface area contributed by atoms with Crippen LogP contribution >= 0.6 is 0 Å². The monoisotopic (exact) mass is 262 g/mol. The lowest BCUT2D eigenvalue weighted by atomic mass is 9.81. The Balaban J connectivity index is 2.88. The van der Waals surface area contributed by atoms with Crippen molar-refractivity contribution in [3.05, 3.63) is 0 Å². The van der Waals surface area contributed by atoms with E-state index in [0.717, 1.165) is 0 Å². The molecule has 5 heteroatoms. The molecule has 0 bridgehead atoms. The van der Waals surface area contributed by atoms with E-state index in [1.165, 1.54) is 0 Å². The van der Waals surface area contributed by atoms with E-state index >= 15 is 0 Å². The van der Waals surface area contributed by atoms with Gasteiger partial charge in [-0.05, 0) is 26.2 Å². The number of aliphatic hydroxyl groups excluding tert-OH is 3. The molecule has 0 aliphatic carbocycles. The third-order valence-corrected chi connectivity index (χ3v) is 2.89. The quantitative estimate of drug-likeness (QED) is 0.647. The van der Waals surface area contributed by atoms with Gasteiger partial charge in [0.2, 0.25) is 0 Å². The first kappa shape index (κ1) is 15.9. The van der Waals surface area contributed by atoms with Crippen molar-refractivity contribution in [3.8, 4) is 0 Å². The second-order valence-electron chi connectivity index (χ2n) is 6.99. The van der Waals surface area contributed by atoms with Gasteiger partial charge in [-0.1, -0.05) is 20.8 Å². The average molecular weight is 262 g/mol. The molecule has 18 heavy (non-hydrogen) atoms. The smallest absolute Gasteiger partial charge is 0.187 e. The number of rotatable bonds is 1. The molecule has 3 N–H and O–H groups in total. The van der Waals surface area contributed by atoms with Crippen molar-refractivity contribution in [2.45, 2.75) is 77.8 Å². The summed E-state index contributed by atoms with van der Waals surface area (Å²) in [5.41, 5.74) is -0.865. The van der Waals surface area contributed by atoms with Crippen molar-refractivity contribution in [2.75, 3.05) is 0 Å². The summed E-state index contributed by atoms with van der Waals surface area (Å²) in [6.07, 6.45) is -5.18. The van der Waals surface area contributed by atoms with Gasteiger partial charge in [0.25, 0.3) is 0 Å². The fraction of sp³-hybridized carbons (Fsp3) is 1.00. The fourth-order valence-electron chi connectivity index (χ4n) is 2.01. The molecule has 1 rings (SSSR count). The van der Waals surface area contributed by atoms with Crippen LogP contribution in [0.5, 0.6) is 0 Å². The Morgan fingerprint density at radius 1 is 0.833 bits per heavy atom. The lowest BCUT2D eigenvalue weighted by molar-refractivity contribution is -0.330. The molecular weight excluding hydrogens is 236 g/mol. The Labute approximate surface area is 109 Å². The predicted molar refractivity (Wildman–Crippen MR) is 67.0 cm³/mol. The second kappa shape index (κ2) is 5.06. The molecule has 5 nitrogen and oxygen atoms in total. The van der Waals surface area contributed by atoms with E-state index < -0.39 is 36.3 Å². The normalized spacial score (nSPS) is 38.8. The van der Waals surface area contributed by atoms with Crippen molar-refractivity contribution < 1.29 is 24.8 Å². The molecule has 1 fully saturated rings. The van der Waals surface area contributed by atoms with Gasteiger partial charge in [0, 0.05) is 0 Å². The molecule has 5 atom stereocenters. The molecule has 0 radical (unpaired) electrons. The Morgan fingerprint density at radius 2 is 1.33 bits per heavy atom. The Morgan fingerprint density at radius 3 is 1.72 bits per heavy atom. The second-order valence-corrected chi connectivity index (χ2v) is 6.99. The molecule has 0 amide bonds. The van der Waals surface area contributed by atoms with E-state index in [-0.39, 0.29) is 5.41 Å². The number of hydrogen-bond donors (Lipinski definition) is 3. The van der Waals surface area contributed by atoms with Crippen LogP contribution in [0, 0.1) is 5.41 Å². The van der Waals surface area contributed by atoms with Crippen LogP contribution in [0.3, 0.4) is 0 Å². The van der Waals surface area contributed by atoms with Crippen molar-refractivity contribution in [1.29, 1.82) is 0 Å². The van der Waals surface area contributed by atoms with Gasteiger partial charge in [-0.25, -0.2) is 0 Å². The topological polar surface area (TPSA) is 79.2 Å². The molecule has 1 aliphatic heterocycles. The molecule has 0 saturated carbocycles. The highest BCUT2D eigenvalue weighted by Gasteiger charge is 2.49. The first-order valence-electron chi connectivity index (χ1n) is 6.31. The van der Waals surface area contributed by atoms with E-state index in [9.17, 15) is 15.3 Å². The minimum absolute atomic E-state index is 0.361. The third kappa shape index (κ3) is 3.65. The number of ether oxygens (including phenoxy) is 2. The van der Waals surface area contributed by atoms with Crippen LogP contribution in [-0.4, -0.2) is 51.6 Å². The predicted octanol–water partition coefficient (Wildman–Crippen LogP) is 0.655. The van der Waals surface area contributed by atoms with E-state index in [1.54, 1.807) is 0 Å². The van der Waals surface area contributed by atoms with Crippen molar-refractivity contribution in [1.82, 2.24) is 0 Å². The van der Waals surface area contributed by atoms with E-state index in [2.05, 4.69) is 0 Å². The average Bonchev–Trinajstić information content (AvgIpc) is 2.15. The summed E-state index contributed by atoms with van der Waals surface area (Å²) in [6.45, 7) is 11.2. The molecule has 108 valence electrons. The maximum absolute atomic E-state index is 9.97. The summed E-state index contributed by atoms with van der Waals surface area (Å²) in [5.74, 6) is 0. The molecular formula is C13H26O5. The van der Waals surface area contributed by atoms with Gasteiger partial charge in [0.1, 0.15) is 18.3 Å². The maximum Gasteiger partial charge on any atom is 0.187 e. The van der Waals surface area contributed by atoms with Crippen LogP contribution in [0.1, 0.15) is 41.5 Å². The Hall–Kier alpha value is -0.200. The van der Waals surface area contributed by atoms with Crippen LogP contribution in [0.25, 0.3) is 0 Å². The summed E-state index contributed by atoms with van der Waals surface area (Å²) in [5, 5.41) is 29.8. The minimum atomic E-state index is -1.27. The van der Waals surface area contributed by atoms with E-state index in [4.69, 9.17) is 9.47 Å². The largest absolute Gasteiger partial charge is 0.388 e. The summed E-state index contributed by atoms with van der Waals surface area (Å²) >= 11 is 0. The van der Waals surface area contributed by atoms with Gasteiger partial charge in [-0.3, -0.25) is 0 Å². The van der Waals surface area contributed by atoms with Gasteiger partial charge in [-0.2, -0.15) is 0 Å². The molecule has 1 saturated heterocycles. The third-order valence-electron chi connectivity index (χ3n) is 2.89. The summed E-state index contributed by atoms with van der Waals surface area (Å²) in [4.78, 5) is 0.